The van der Waals surface area contributed by atoms with Gasteiger partial charge in [0.1, 0.15) is 0 Å². The zero-order chi connectivity index (χ0) is 18.6. The second kappa shape index (κ2) is 9.35. The van der Waals surface area contributed by atoms with E-state index in [4.69, 9.17) is 5.73 Å². The molecule has 3 N–H and O–H groups in total. The number of rotatable bonds is 5. The lowest BCUT2D eigenvalue weighted by molar-refractivity contribution is -0.120. The number of halogens is 1. The van der Waals surface area contributed by atoms with Crippen molar-refractivity contribution in [1.29, 1.82) is 0 Å². The highest BCUT2D eigenvalue weighted by molar-refractivity contribution is 7.90. The molecule has 0 spiro atoms. The van der Waals surface area contributed by atoms with Crippen LogP contribution in [0.2, 0.25) is 0 Å². The second-order valence-corrected chi connectivity index (χ2v) is 8.83. The molecule has 1 amide bonds. The number of nitrogens with two attached hydrogens (primary N) is 1. The van der Waals surface area contributed by atoms with Crippen LogP contribution in [-0.4, -0.2) is 20.4 Å². The summed E-state index contributed by atoms with van der Waals surface area (Å²) >= 11 is 0. The molecule has 0 aliphatic heterocycles. The molecule has 2 aromatic carbocycles. The van der Waals surface area contributed by atoms with Gasteiger partial charge in [0.2, 0.25) is 5.91 Å². The van der Waals surface area contributed by atoms with E-state index < -0.39 is 9.84 Å². The highest BCUT2D eigenvalue weighted by atomic mass is 35.5. The Kier molecular flexibility index (Phi) is 7.41. The van der Waals surface area contributed by atoms with Crippen LogP contribution in [-0.2, 0) is 20.4 Å². The monoisotopic (exact) mass is 408 g/mol. The van der Waals surface area contributed by atoms with Gasteiger partial charge in [-0.25, -0.2) is 8.42 Å². The minimum Gasteiger partial charge on any atom is -0.328 e. The second-order valence-electron chi connectivity index (χ2n) is 6.84. The van der Waals surface area contributed by atoms with Gasteiger partial charge in [0.05, 0.1) is 10.6 Å². The molecule has 1 fully saturated rings. The molecule has 0 bridgehead atoms. The number of carbonyl (C=O) groups is 1. The predicted octanol–water partition coefficient (Wildman–Crippen LogP) is 3.54. The van der Waals surface area contributed by atoms with Gasteiger partial charge >= 0.3 is 0 Å². The van der Waals surface area contributed by atoms with E-state index >= 15 is 0 Å². The number of anilines is 1. The van der Waals surface area contributed by atoms with Gasteiger partial charge < -0.3 is 11.1 Å². The molecule has 27 heavy (non-hydrogen) atoms. The fourth-order valence-corrected chi connectivity index (χ4v) is 4.78. The molecule has 2 aromatic rings. The van der Waals surface area contributed by atoms with Gasteiger partial charge in [0.25, 0.3) is 0 Å². The van der Waals surface area contributed by atoms with Gasteiger partial charge in [-0.3, -0.25) is 4.79 Å². The Labute approximate surface area is 166 Å². The minimum absolute atomic E-state index is 0. The normalized spacial score (nSPS) is 19.7. The molecule has 146 valence electrons. The minimum atomic E-state index is -3.48. The van der Waals surface area contributed by atoms with Gasteiger partial charge in [0.15, 0.2) is 9.84 Å². The molecule has 3 rings (SSSR count). The summed E-state index contributed by atoms with van der Waals surface area (Å²) in [5.74, 6) is -0.347. The third-order valence-corrected chi connectivity index (χ3v) is 6.49. The van der Waals surface area contributed by atoms with Crippen molar-refractivity contribution in [3.63, 3.8) is 0 Å². The largest absolute Gasteiger partial charge is 0.328 e. The maximum atomic E-state index is 12.7. The lowest BCUT2D eigenvalue weighted by atomic mass is 9.85. The van der Waals surface area contributed by atoms with Gasteiger partial charge in [-0.2, -0.15) is 0 Å². The molecular formula is C20H25ClN2O3S. The van der Waals surface area contributed by atoms with Crippen molar-refractivity contribution in [1.82, 2.24) is 0 Å². The third-order valence-electron chi connectivity index (χ3n) is 4.81. The van der Waals surface area contributed by atoms with E-state index in [9.17, 15) is 13.2 Å². The van der Waals surface area contributed by atoms with Crippen molar-refractivity contribution in [3.05, 3.63) is 60.2 Å². The number of benzene rings is 2. The van der Waals surface area contributed by atoms with E-state index in [-0.39, 0.29) is 40.9 Å². The Morgan fingerprint density at radius 1 is 1.04 bits per heavy atom. The summed E-state index contributed by atoms with van der Waals surface area (Å²) in [4.78, 5) is 12.9. The lowest BCUT2D eigenvalue weighted by Gasteiger charge is -2.26. The van der Waals surface area contributed by atoms with Gasteiger partial charge in [0, 0.05) is 17.6 Å². The lowest BCUT2D eigenvalue weighted by Crippen LogP contribution is -2.34. The van der Waals surface area contributed by atoms with Crippen LogP contribution in [0, 0.1) is 5.92 Å². The Balaban J connectivity index is 0.00000261. The topological polar surface area (TPSA) is 89.3 Å². The molecule has 5 nitrogen and oxygen atoms in total. The highest BCUT2D eigenvalue weighted by Crippen LogP contribution is 2.27. The molecule has 2 unspecified atom stereocenters. The number of para-hydroxylation sites is 1. The van der Waals surface area contributed by atoms with Crippen LogP contribution in [0.15, 0.2) is 59.5 Å². The quantitative estimate of drug-likeness (QED) is 0.791. The summed E-state index contributed by atoms with van der Waals surface area (Å²) in [5.41, 5.74) is 7.11. The average Bonchev–Trinajstić information content (AvgIpc) is 2.64. The van der Waals surface area contributed by atoms with Crippen LogP contribution in [0.5, 0.6) is 0 Å². The van der Waals surface area contributed by atoms with Crippen molar-refractivity contribution in [2.24, 2.45) is 11.7 Å². The first-order valence-electron chi connectivity index (χ1n) is 8.88. The van der Waals surface area contributed by atoms with Crippen molar-refractivity contribution in [3.8, 4) is 0 Å². The Morgan fingerprint density at radius 3 is 2.41 bits per heavy atom. The van der Waals surface area contributed by atoms with Crippen molar-refractivity contribution < 1.29 is 13.2 Å². The first-order valence-corrected chi connectivity index (χ1v) is 10.5. The maximum Gasteiger partial charge on any atom is 0.227 e. The predicted molar refractivity (Wildman–Crippen MR) is 110 cm³/mol. The number of hydrogen-bond acceptors (Lipinski definition) is 4. The van der Waals surface area contributed by atoms with Crippen LogP contribution < -0.4 is 11.1 Å². The average molecular weight is 409 g/mol. The summed E-state index contributed by atoms with van der Waals surface area (Å²) in [7, 11) is -3.48. The number of amides is 1. The Hall–Kier alpha value is -1.89. The molecule has 1 saturated carbocycles. The molecule has 0 saturated heterocycles. The molecule has 0 aromatic heterocycles. The third kappa shape index (κ3) is 5.54. The summed E-state index contributed by atoms with van der Waals surface area (Å²) in [6.45, 7) is 0. The summed E-state index contributed by atoms with van der Waals surface area (Å²) < 4.78 is 25.3. The number of sulfone groups is 1. The molecular weight excluding hydrogens is 384 g/mol. The van der Waals surface area contributed by atoms with Crippen LogP contribution >= 0.6 is 12.4 Å². The molecule has 1 aliphatic carbocycles. The number of hydrogen-bond donors (Lipinski definition) is 2. The van der Waals surface area contributed by atoms with Crippen LogP contribution in [0.3, 0.4) is 0 Å². The van der Waals surface area contributed by atoms with E-state index in [1.807, 2.05) is 0 Å². The zero-order valence-electron chi connectivity index (χ0n) is 15.0. The standard InChI is InChI=1S/C20H24N2O3S.ClH/c21-17-9-6-8-15(13-17)20(23)22-19-12-5-4-7-16(19)14-26(24,25)18-10-2-1-3-11-18;/h1-5,7,10-12,15,17H,6,8-9,13-14,21H2,(H,22,23);1H. The van der Waals surface area contributed by atoms with Gasteiger partial charge in [-0.1, -0.05) is 42.8 Å². The Morgan fingerprint density at radius 2 is 1.70 bits per heavy atom. The van der Waals surface area contributed by atoms with E-state index in [0.29, 0.717) is 17.7 Å². The Bertz CT molecular complexity index is 872. The molecule has 2 atom stereocenters. The summed E-state index contributed by atoms with van der Waals surface area (Å²) in [5, 5.41) is 2.92. The highest BCUT2D eigenvalue weighted by Gasteiger charge is 2.26. The molecule has 7 heteroatoms. The summed E-state index contributed by atoms with van der Waals surface area (Å²) in [6.07, 6.45) is 3.40. The van der Waals surface area contributed by atoms with Crippen LogP contribution in [0.25, 0.3) is 0 Å². The fourth-order valence-electron chi connectivity index (χ4n) is 3.38. The first-order chi connectivity index (χ1) is 12.5. The van der Waals surface area contributed by atoms with Crippen molar-refractivity contribution >= 4 is 33.8 Å². The van der Waals surface area contributed by atoms with Gasteiger partial charge in [-0.15, -0.1) is 12.4 Å². The molecule has 0 radical (unpaired) electrons. The number of nitrogens with one attached hydrogen (secondary N) is 1. The SMILES string of the molecule is Cl.NC1CCCC(C(=O)Nc2ccccc2CS(=O)(=O)c2ccccc2)C1. The smallest absolute Gasteiger partial charge is 0.227 e. The fraction of sp³-hybridized carbons (Fsp3) is 0.350. The van der Waals surface area contributed by atoms with E-state index in [1.54, 1.807) is 54.6 Å². The maximum absolute atomic E-state index is 12.7. The van der Waals surface area contributed by atoms with Crippen molar-refractivity contribution in [2.75, 3.05) is 5.32 Å². The van der Waals surface area contributed by atoms with Crippen LogP contribution in [0.1, 0.15) is 31.2 Å². The first kappa shape index (κ1) is 21.4. The number of carbonyl (C=O) groups excluding carboxylic acids is 1. The van der Waals surface area contributed by atoms with Gasteiger partial charge in [-0.05, 0) is 43.0 Å². The summed E-state index contributed by atoms with van der Waals surface area (Å²) in [6, 6.07) is 15.5. The van der Waals surface area contributed by atoms with Crippen molar-refractivity contribution in [2.45, 2.75) is 42.4 Å². The molecule has 0 heterocycles. The zero-order valence-corrected chi connectivity index (χ0v) is 16.6. The van der Waals surface area contributed by atoms with E-state index in [1.165, 1.54) is 0 Å². The van der Waals surface area contributed by atoms with E-state index in [0.717, 1.165) is 19.3 Å². The van der Waals surface area contributed by atoms with E-state index in [2.05, 4.69) is 5.32 Å². The van der Waals surface area contributed by atoms with Crippen LogP contribution in [0.4, 0.5) is 5.69 Å². The molecule has 1 aliphatic rings.